The lowest BCUT2D eigenvalue weighted by molar-refractivity contribution is -0.139. The Balaban J connectivity index is 2.74. The van der Waals surface area contributed by atoms with Gasteiger partial charge < -0.3 is 25.4 Å². The van der Waals surface area contributed by atoms with E-state index in [1.807, 2.05) is 6.08 Å². The van der Waals surface area contributed by atoms with Gasteiger partial charge in [-0.25, -0.2) is 4.57 Å². The summed E-state index contributed by atoms with van der Waals surface area (Å²) >= 11 is 0. The average molecular weight is 469 g/mol. The van der Waals surface area contributed by atoms with Crippen LogP contribution in [0.3, 0.4) is 0 Å². The third kappa shape index (κ3) is 11.1. The maximum absolute atomic E-state index is 13.5. The molecule has 1 rings (SSSR count). The van der Waals surface area contributed by atoms with Gasteiger partial charge in [-0.1, -0.05) is 25.0 Å². The summed E-state index contributed by atoms with van der Waals surface area (Å²) in [5.74, 6) is -0.256. The highest BCUT2D eigenvalue weighted by molar-refractivity contribution is 7.46. The summed E-state index contributed by atoms with van der Waals surface area (Å²) in [5.41, 5.74) is 3.73. The molecule has 0 saturated carbocycles. The molecule has 0 aliphatic heterocycles. The molecular weight excluding hydrogens is 438 g/mol. The van der Waals surface area contributed by atoms with Crippen LogP contribution in [0.4, 0.5) is 13.2 Å². The predicted octanol–water partition coefficient (Wildman–Crippen LogP) is 3.95. The number of ether oxygens (including phenoxy) is 1. The summed E-state index contributed by atoms with van der Waals surface area (Å²) in [5, 5.41) is 9.41. The van der Waals surface area contributed by atoms with Crippen LogP contribution < -0.4 is 10.5 Å². The number of nitrogens with two attached hydrogens (primary N) is 1. The topological polar surface area (TPSA) is 122 Å². The highest BCUT2D eigenvalue weighted by Gasteiger charge is 2.35. The normalized spacial score (nSPS) is 14.3. The van der Waals surface area contributed by atoms with E-state index >= 15 is 0 Å². The molecule has 7 nitrogen and oxygen atoms in total. The lowest BCUT2D eigenvalue weighted by atomic mass is 9.93. The number of hydrogen-bond acceptors (Lipinski definition) is 5. The molecule has 31 heavy (non-hydrogen) atoms. The first-order chi connectivity index (χ1) is 14.4. The van der Waals surface area contributed by atoms with Crippen LogP contribution in [0.2, 0.25) is 0 Å². The zero-order valence-corrected chi connectivity index (χ0v) is 18.2. The first-order valence-electron chi connectivity index (χ1n) is 9.94. The molecule has 0 fully saturated rings. The number of phosphoric acid groups is 1. The van der Waals surface area contributed by atoms with E-state index in [4.69, 9.17) is 20.3 Å². The Kier molecular flexibility index (Phi) is 11.2. The molecule has 0 aliphatic carbocycles. The molecule has 0 bridgehead atoms. The van der Waals surface area contributed by atoms with Crippen LogP contribution in [0.25, 0.3) is 0 Å². The fourth-order valence-corrected chi connectivity index (χ4v) is 3.23. The van der Waals surface area contributed by atoms with Crippen molar-refractivity contribution in [2.75, 3.05) is 19.8 Å². The number of rotatable bonds is 15. The SMILES string of the molecule is C=CCCCCCCOc1ccc(CCC(N)(CO)COP(=O)(O)O)cc1C(F)(F)F. The molecule has 1 aromatic rings. The summed E-state index contributed by atoms with van der Waals surface area (Å²) in [7, 11) is -4.79. The van der Waals surface area contributed by atoms with Crippen LogP contribution in [-0.2, 0) is 21.7 Å². The fraction of sp³-hybridized carbons (Fsp3) is 0.600. The van der Waals surface area contributed by atoms with Crippen molar-refractivity contribution in [1.29, 1.82) is 0 Å². The van der Waals surface area contributed by atoms with Crippen molar-refractivity contribution in [3.05, 3.63) is 42.0 Å². The minimum absolute atomic E-state index is 0.0360. The number of unbranched alkanes of at least 4 members (excludes halogenated alkanes) is 4. The van der Waals surface area contributed by atoms with Crippen molar-refractivity contribution >= 4 is 7.82 Å². The summed E-state index contributed by atoms with van der Waals surface area (Å²) in [4.78, 5) is 17.5. The molecule has 0 aromatic heterocycles. The minimum Gasteiger partial charge on any atom is -0.493 e. The number of aliphatic hydroxyl groups excluding tert-OH is 1. The molecule has 11 heteroatoms. The zero-order chi connectivity index (χ0) is 23.5. The molecule has 1 aromatic carbocycles. The number of benzene rings is 1. The summed E-state index contributed by atoms with van der Waals surface area (Å²) < 4.78 is 60.9. The molecule has 0 spiro atoms. The van der Waals surface area contributed by atoms with Gasteiger partial charge in [0, 0.05) is 0 Å². The second kappa shape index (κ2) is 12.6. The third-order valence-electron chi connectivity index (χ3n) is 4.66. The van der Waals surface area contributed by atoms with Crippen molar-refractivity contribution < 1.29 is 41.9 Å². The second-order valence-electron chi connectivity index (χ2n) is 7.45. The van der Waals surface area contributed by atoms with E-state index in [0.29, 0.717) is 12.0 Å². The Hall–Kier alpha value is -1.42. The number of phosphoric ester groups is 1. The van der Waals surface area contributed by atoms with Crippen molar-refractivity contribution in [2.45, 2.75) is 56.7 Å². The molecule has 0 saturated heterocycles. The van der Waals surface area contributed by atoms with Gasteiger partial charge in [-0.05, 0) is 49.8 Å². The molecule has 1 atom stereocenters. The van der Waals surface area contributed by atoms with Gasteiger partial charge in [0.2, 0.25) is 0 Å². The Morgan fingerprint density at radius 2 is 1.84 bits per heavy atom. The van der Waals surface area contributed by atoms with Crippen molar-refractivity contribution in [3.8, 4) is 5.75 Å². The van der Waals surface area contributed by atoms with Crippen LogP contribution in [0, 0.1) is 0 Å². The monoisotopic (exact) mass is 469 g/mol. The quantitative estimate of drug-likeness (QED) is 0.174. The molecule has 178 valence electrons. The minimum atomic E-state index is -4.79. The van der Waals surface area contributed by atoms with Gasteiger partial charge in [-0.3, -0.25) is 4.52 Å². The fourth-order valence-electron chi connectivity index (χ4n) is 2.81. The van der Waals surface area contributed by atoms with Gasteiger partial charge in [0.15, 0.2) is 0 Å². The summed E-state index contributed by atoms with van der Waals surface area (Å²) in [6.45, 7) is 2.50. The molecule has 1 unspecified atom stereocenters. The van der Waals surface area contributed by atoms with Gasteiger partial charge in [0.25, 0.3) is 0 Å². The van der Waals surface area contributed by atoms with Crippen LogP contribution >= 0.6 is 7.82 Å². The summed E-state index contributed by atoms with van der Waals surface area (Å²) in [6, 6.07) is 3.68. The molecule has 0 amide bonds. The Bertz CT molecular complexity index is 740. The predicted molar refractivity (Wildman–Crippen MR) is 111 cm³/mol. The van der Waals surface area contributed by atoms with Crippen LogP contribution in [-0.4, -0.2) is 40.3 Å². The number of alkyl halides is 3. The number of aryl methyl sites for hydroxylation is 1. The van der Waals surface area contributed by atoms with E-state index in [9.17, 15) is 22.8 Å². The number of hydrogen-bond donors (Lipinski definition) is 4. The lowest BCUT2D eigenvalue weighted by Gasteiger charge is -2.27. The van der Waals surface area contributed by atoms with E-state index in [-0.39, 0.29) is 25.2 Å². The number of halogens is 3. The Morgan fingerprint density at radius 3 is 2.42 bits per heavy atom. The van der Waals surface area contributed by atoms with E-state index < -0.39 is 38.3 Å². The van der Waals surface area contributed by atoms with Crippen molar-refractivity contribution in [2.24, 2.45) is 5.73 Å². The number of aliphatic hydroxyl groups is 1. The standard InChI is InChI=1S/C20H31F3NO6P/c1-2-3-4-5-6-7-12-29-18-9-8-16(13-17(18)20(21,22)23)10-11-19(24,14-25)15-30-31(26,27)28/h2,8-9,13,25H,1,3-7,10-12,14-15,24H2,(H2,26,27,28). The first kappa shape index (κ1) is 27.6. The lowest BCUT2D eigenvalue weighted by Crippen LogP contribution is -2.48. The number of allylic oxidation sites excluding steroid dienone is 1. The van der Waals surface area contributed by atoms with Crippen molar-refractivity contribution in [1.82, 2.24) is 0 Å². The second-order valence-corrected chi connectivity index (χ2v) is 8.69. The van der Waals surface area contributed by atoms with Crippen molar-refractivity contribution in [3.63, 3.8) is 0 Å². The van der Waals surface area contributed by atoms with E-state index in [2.05, 4.69) is 11.1 Å². The maximum Gasteiger partial charge on any atom is 0.469 e. The average Bonchev–Trinajstić information content (AvgIpc) is 2.69. The maximum atomic E-state index is 13.5. The van der Waals surface area contributed by atoms with E-state index in [1.54, 1.807) is 0 Å². The highest BCUT2D eigenvalue weighted by atomic mass is 31.2. The molecule has 0 heterocycles. The van der Waals surface area contributed by atoms with Gasteiger partial charge >= 0.3 is 14.0 Å². The summed E-state index contributed by atoms with van der Waals surface area (Å²) in [6.07, 6.45) is 1.54. The smallest absolute Gasteiger partial charge is 0.469 e. The first-order valence-corrected chi connectivity index (χ1v) is 11.5. The molecule has 5 N–H and O–H groups in total. The molecule has 0 radical (unpaired) electrons. The van der Waals surface area contributed by atoms with E-state index in [0.717, 1.165) is 31.7 Å². The third-order valence-corrected chi connectivity index (χ3v) is 5.12. The highest BCUT2D eigenvalue weighted by Crippen LogP contribution is 2.38. The van der Waals surface area contributed by atoms with Crippen LogP contribution in [0.15, 0.2) is 30.9 Å². The zero-order valence-electron chi connectivity index (χ0n) is 17.3. The van der Waals surface area contributed by atoms with Crippen LogP contribution in [0.1, 0.15) is 49.7 Å². The largest absolute Gasteiger partial charge is 0.493 e. The van der Waals surface area contributed by atoms with E-state index in [1.165, 1.54) is 12.1 Å². The van der Waals surface area contributed by atoms with Gasteiger partial charge in [0.05, 0.1) is 30.9 Å². The molecule has 0 aliphatic rings. The van der Waals surface area contributed by atoms with Gasteiger partial charge in [0.1, 0.15) is 5.75 Å². The van der Waals surface area contributed by atoms with Gasteiger partial charge in [-0.2, -0.15) is 13.2 Å². The Labute approximate surface area is 180 Å². The molecular formula is C20H31F3NO6P. The van der Waals surface area contributed by atoms with Crippen LogP contribution in [0.5, 0.6) is 5.75 Å². The van der Waals surface area contributed by atoms with Gasteiger partial charge in [-0.15, -0.1) is 6.58 Å². The Morgan fingerprint density at radius 1 is 1.16 bits per heavy atom.